The Hall–Kier alpha value is -1.29. The van der Waals surface area contributed by atoms with Crippen molar-refractivity contribution >= 4 is 21.7 Å². The summed E-state index contributed by atoms with van der Waals surface area (Å²) in [4.78, 5) is 0. The first-order valence-electron chi connectivity index (χ1n) is 7.58. The molecule has 1 aromatic heterocycles. The fourth-order valence-corrected chi connectivity index (χ4v) is 3.90. The Balaban J connectivity index is 2.12. The average Bonchev–Trinajstić information content (AvgIpc) is 2.79. The third-order valence-electron chi connectivity index (χ3n) is 4.22. The van der Waals surface area contributed by atoms with Gasteiger partial charge in [-0.3, -0.25) is 0 Å². The molecule has 0 amide bonds. The van der Waals surface area contributed by atoms with E-state index < -0.39 is 0 Å². The van der Waals surface area contributed by atoms with Crippen LogP contribution in [-0.4, -0.2) is 16.3 Å². The van der Waals surface area contributed by atoms with Crippen LogP contribution in [0.5, 0.6) is 0 Å². The second-order valence-electron chi connectivity index (χ2n) is 6.24. The lowest BCUT2D eigenvalue weighted by molar-refractivity contribution is 0.474. The number of nitrogens with one attached hydrogen (secondary N) is 1. The van der Waals surface area contributed by atoms with Gasteiger partial charge in [0.25, 0.3) is 0 Å². The molecule has 112 valence electrons. The normalized spacial score (nSPS) is 17.7. The molecule has 0 bridgehead atoms. The minimum atomic E-state index is 0.324. The van der Waals surface area contributed by atoms with Gasteiger partial charge in [-0.1, -0.05) is 37.6 Å². The zero-order chi connectivity index (χ0) is 15.1. The van der Waals surface area contributed by atoms with E-state index in [0.717, 1.165) is 29.0 Å². The molecular formula is C17H22BrN3. The van der Waals surface area contributed by atoms with E-state index in [2.05, 4.69) is 71.8 Å². The van der Waals surface area contributed by atoms with Gasteiger partial charge in [0, 0.05) is 6.54 Å². The van der Waals surface area contributed by atoms with Crippen molar-refractivity contribution < 1.29 is 0 Å². The molecule has 1 aromatic carbocycles. The lowest BCUT2D eigenvalue weighted by Gasteiger charge is -2.27. The number of rotatable bonds is 2. The predicted molar refractivity (Wildman–Crippen MR) is 91.2 cm³/mol. The van der Waals surface area contributed by atoms with Gasteiger partial charge in [0.15, 0.2) is 0 Å². The standard InChI is InChI=1S/C17H22BrN3/c1-10(2)16-15(18)17-19-8-7-14(21(17)20-16)13-9-11(3)5-6-12(13)4/h5-6,9-10,14,19H,7-8H2,1-4H3. The Morgan fingerprint density at radius 2 is 2.10 bits per heavy atom. The van der Waals surface area contributed by atoms with Crippen LogP contribution in [0.1, 0.15) is 54.6 Å². The van der Waals surface area contributed by atoms with Crippen molar-refractivity contribution in [3.63, 3.8) is 0 Å². The quantitative estimate of drug-likeness (QED) is 0.846. The van der Waals surface area contributed by atoms with Crippen LogP contribution < -0.4 is 5.32 Å². The summed E-state index contributed by atoms with van der Waals surface area (Å²) in [5, 5.41) is 8.38. The highest BCUT2D eigenvalue weighted by molar-refractivity contribution is 9.10. The van der Waals surface area contributed by atoms with Crippen molar-refractivity contribution in [2.45, 2.75) is 46.1 Å². The summed E-state index contributed by atoms with van der Waals surface area (Å²) in [6.07, 6.45) is 1.07. The maximum absolute atomic E-state index is 4.89. The molecule has 1 atom stereocenters. The number of anilines is 1. The molecule has 2 heterocycles. The van der Waals surface area contributed by atoms with E-state index in [9.17, 15) is 0 Å². The number of aryl methyl sites for hydroxylation is 2. The number of hydrogen-bond acceptors (Lipinski definition) is 2. The van der Waals surface area contributed by atoms with E-state index in [1.165, 1.54) is 16.7 Å². The monoisotopic (exact) mass is 347 g/mol. The minimum absolute atomic E-state index is 0.324. The largest absolute Gasteiger partial charge is 0.369 e. The molecule has 3 rings (SSSR count). The summed E-state index contributed by atoms with van der Waals surface area (Å²) in [5.41, 5.74) is 5.18. The van der Waals surface area contributed by atoms with Gasteiger partial charge in [0.2, 0.25) is 0 Å². The summed E-state index contributed by atoms with van der Waals surface area (Å²) in [6, 6.07) is 7.03. The third-order valence-corrected chi connectivity index (χ3v) is 5.01. The van der Waals surface area contributed by atoms with Gasteiger partial charge in [-0.25, -0.2) is 4.68 Å². The van der Waals surface area contributed by atoms with E-state index in [4.69, 9.17) is 5.10 Å². The Kier molecular flexibility index (Phi) is 3.82. The first-order chi connectivity index (χ1) is 9.99. The van der Waals surface area contributed by atoms with Crippen molar-refractivity contribution in [1.29, 1.82) is 0 Å². The molecule has 0 aliphatic carbocycles. The van der Waals surface area contributed by atoms with Crippen LogP contribution in [0.3, 0.4) is 0 Å². The van der Waals surface area contributed by atoms with Gasteiger partial charge in [-0.2, -0.15) is 5.10 Å². The van der Waals surface area contributed by atoms with E-state index >= 15 is 0 Å². The molecule has 0 saturated carbocycles. The van der Waals surface area contributed by atoms with Gasteiger partial charge in [0.05, 0.1) is 16.2 Å². The fraction of sp³-hybridized carbons (Fsp3) is 0.471. The zero-order valence-electron chi connectivity index (χ0n) is 13.1. The van der Waals surface area contributed by atoms with Crippen molar-refractivity contribution in [3.8, 4) is 0 Å². The van der Waals surface area contributed by atoms with E-state index in [1.54, 1.807) is 0 Å². The van der Waals surface area contributed by atoms with Crippen LogP contribution >= 0.6 is 15.9 Å². The van der Waals surface area contributed by atoms with Crippen LogP contribution in [-0.2, 0) is 0 Å². The molecule has 1 aliphatic rings. The molecule has 2 aromatic rings. The molecule has 0 saturated heterocycles. The van der Waals surface area contributed by atoms with Crippen molar-refractivity contribution in [2.24, 2.45) is 0 Å². The molecule has 21 heavy (non-hydrogen) atoms. The van der Waals surface area contributed by atoms with Gasteiger partial charge in [-0.05, 0) is 53.2 Å². The number of fused-ring (bicyclic) bond motifs is 1. The first kappa shape index (κ1) is 14.6. The maximum Gasteiger partial charge on any atom is 0.139 e. The lowest BCUT2D eigenvalue weighted by atomic mass is 9.96. The Labute approximate surface area is 134 Å². The molecule has 3 nitrogen and oxygen atoms in total. The number of benzene rings is 1. The molecular weight excluding hydrogens is 326 g/mol. The predicted octanol–water partition coefficient (Wildman–Crippen LogP) is 4.79. The number of aromatic nitrogens is 2. The summed E-state index contributed by atoms with van der Waals surface area (Å²) >= 11 is 3.72. The van der Waals surface area contributed by atoms with Gasteiger partial charge >= 0.3 is 0 Å². The van der Waals surface area contributed by atoms with Crippen LogP contribution in [0.25, 0.3) is 0 Å². The van der Waals surface area contributed by atoms with Crippen LogP contribution in [0, 0.1) is 13.8 Å². The summed E-state index contributed by atoms with van der Waals surface area (Å²) < 4.78 is 3.29. The smallest absolute Gasteiger partial charge is 0.139 e. The highest BCUT2D eigenvalue weighted by atomic mass is 79.9. The third kappa shape index (κ3) is 2.50. The molecule has 4 heteroatoms. The molecule has 1 aliphatic heterocycles. The number of hydrogen-bond donors (Lipinski definition) is 1. The average molecular weight is 348 g/mol. The number of nitrogens with zero attached hydrogens (tertiary/aromatic N) is 2. The van der Waals surface area contributed by atoms with Crippen LogP contribution in [0.15, 0.2) is 22.7 Å². The second kappa shape index (κ2) is 5.48. The maximum atomic E-state index is 4.89. The van der Waals surface area contributed by atoms with Gasteiger partial charge in [-0.15, -0.1) is 0 Å². The summed E-state index contributed by atoms with van der Waals surface area (Å²) in [7, 11) is 0. The van der Waals surface area contributed by atoms with E-state index in [1.807, 2.05) is 0 Å². The van der Waals surface area contributed by atoms with E-state index in [-0.39, 0.29) is 0 Å². The number of halogens is 1. The van der Waals surface area contributed by atoms with Gasteiger partial charge < -0.3 is 5.32 Å². The first-order valence-corrected chi connectivity index (χ1v) is 8.37. The Morgan fingerprint density at radius 3 is 2.81 bits per heavy atom. The topological polar surface area (TPSA) is 29.9 Å². The van der Waals surface area contributed by atoms with Crippen molar-refractivity contribution in [3.05, 3.63) is 45.1 Å². The second-order valence-corrected chi connectivity index (χ2v) is 7.03. The zero-order valence-corrected chi connectivity index (χ0v) is 14.7. The highest BCUT2D eigenvalue weighted by Crippen LogP contribution is 2.39. The van der Waals surface area contributed by atoms with Crippen LogP contribution in [0.2, 0.25) is 0 Å². The Morgan fingerprint density at radius 1 is 1.33 bits per heavy atom. The fourth-order valence-electron chi connectivity index (χ4n) is 3.04. The SMILES string of the molecule is Cc1ccc(C)c(C2CCNc3c(Br)c(C(C)C)nn32)c1. The molecule has 0 radical (unpaired) electrons. The molecule has 1 unspecified atom stereocenters. The highest BCUT2D eigenvalue weighted by Gasteiger charge is 2.28. The van der Waals surface area contributed by atoms with Gasteiger partial charge in [0.1, 0.15) is 5.82 Å². The van der Waals surface area contributed by atoms with Crippen molar-refractivity contribution in [1.82, 2.24) is 9.78 Å². The molecule has 0 spiro atoms. The molecule has 1 N–H and O–H groups in total. The molecule has 0 fully saturated rings. The summed E-state index contributed by atoms with van der Waals surface area (Å²) in [5.74, 6) is 1.54. The van der Waals surface area contributed by atoms with Crippen LogP contribution in [0.4, 0.5) is 5.82 Å². The Bertz CT molecular complexity index is 673. The van der Waals surface area contributed by atoms with Crippen molar-refractivity contribution in [2.75, 3.05) is 11.9 Å². The lowest BCUT2D eigenvalue weighted by Crippen LogP contribution is -2.25. The minimum Gasteiger partial charge on any atom is -0.369 e. The summed E-state index contributed by atoms with van der Waals surface area (Å²) in [6.45, 7) is 9.71. The van der Waals surface area contributed by atoms with E-state index in [0.29, 0.717) is 12.0 Å².